The molecule has 1 aliphatic heterocycles. The predicted octanol–water partition coefficient (Wildman–Crippen LogP) is 5.15. The summed E-state index contributed by atoms with van der Waals surface area (Å²) in [6, 6.07) is -0.0821. The van der Waals surface area contributed by atoms with Crippen LogP contribution in [-0.2, 0) is 0 Å². The van der Waals surface area contributed by atoms with Crippen LogP contribution in [0.2, 0.25) is 0 Å². The van der Waals surface area contributed by atoms with Gasteiger partial charge in [0.2, 0.25) is 12.0 Å². The van der Waals surface area contributed by atoms with Crippen molar-refractivity contribution in [3.63, 3.8) is 0 Å². The second-order valence-corrected chi connectivity index (χ2v) is 10.0. The van der Waals surface area contributed by atoms with Gasteiger partial charge in [-0.15, -0.1) is 0 Å². The molecule has 0 bridgehead atoms. The number of nitrogens with zero attached hydrogens (tertiary/aromatic N) is 3. The average Bonchev–Trinajstić information content (AvgIpc) is 2.58. The van der Waals surface area contributed by atoms with Crippen molar-refractivity contribution in [1.29, 1.82) is 0 Å². The van der Waals surface area contributed by atoms with Crippen molar-refractivity contribution in [1.82, 2.24) is 9.91 Å². The Morgan fingerprint density at radius 1 is 1.00 bits per heavy atom. The molecule has 0 radical (unpaired) electrons. The third-order valence-electron chi connectivity index (χ3n) is 2.31. The highest BCUT2D eigenvalue weighted by Crippen LogP contribution is 2.52. The van der Waals surface area contributed by atoms with Gasteiger partial charge in [-0.25, -0.2) is 0 Å². The molecule has 0 fully saturated rings. The lowest BCUT2D eigenvalue weighted by atomic mass is 10.3. The van der Waals surface area contributed by atoms with Crippen molar-refractivity contribution >= 4 is 99.1 Å². The quantitative estimate of drug-likeness (QED) is 0.445. The van der Waals surface area contributed by atoms with Gasteiger partial charge in [0.05, 0.1) is 0 Å². The minimum atomic E-state index is -2.04. The van der Waals surface area contributed by atoms with Crippen LogP contribution in [-0.4, -0.2) is 40.5 Å². The van der Waals surface area contributed by atoms with Crippen LogP contribution >= 0.6 is 92.8 Å². The molecule has 1 atom stereocenters. The second-order valence-electron chi connectivity index (χ2n) is 4.07. The van der Waals surface area contributed by atoms with Gasteiger partial charge in [-0.3, -0.25) is 9.91 Å². The topological polar surface area (TPSA) is 18.8 Å². The molecular weight excluding hydrogens is 422 g/mol. The van der Waals surface area contributed by atoms with Crippen LogP contribution in [0.5, 0.6) is 0 Å². The van der Waals surface area contributed by atoms with Crippen LogP contribution < -0.4 is 0 Å². The summed E-state index contributed by atoms with van der Waals surface area (Å²) in [5.74, 6) is 0. The summed E-state index contributed by atoms with van der Waals surface area (Å²) in [5.41, 5.74) is 0. The first-order valence-corrected chi connectivity index (χ1v) is 7.94. The third kappa shape index (κ3) is 3.87. The number of hydrazone groups is 1. The summed E-state index contributed by atoms with van der Waals surface area (Å²) in [7, 11) is 0. The summed E-state index contributed by atoms with van der Waals surface area (Å²) in [6.07, 6.45) is 0.358. The Morgan fingerprint density at radius 3 is 1.79 bits per heavy atom. The SMILES string of the molecule is CC(C)N1N=CN(C(Cl)(Cl)C(Cl)(Cl)Cl)C1C(Cl)(Cl)Cl. The first-order valence-electron chi connectivity index (χ1n) is 4.92. The highest BCUT2D eigenvalue weighted by Gasteiger charge is 2.58. The first kappa shape index (κ1) is 18.6. The van der Waals surface area contributed by atoms with Crippen LogP contribution in [0, 0.1) is 0 Å². The van der Waals surface area contributed by atoms with Gasteiger partial charge in [0.15, 0.2) is 6.17 Å². The summed E-state index contributed by atoms with van der Waals surface area (Å²) < 4.78 is -5.77. The van der Waals surface area contributed by atoms with Crippen molar-refractivity contribution in [2.45, 2.75) is 38.1 Å². The lowest BCUT2D eigenvalue weighted by Gasteiger charge is -2.44. The largest absolute Gasteiger partial charge is 0.300 e. The average molecular weight is 431 g/mol. The molecule has 0 saturated carbocycles. The molecule has 0 N–H and O–H groups in total. The summed E-state index contributed by atoms with van der Waals surface area (Å²) in [4.78, 5) is 1.19. The van der Waals surface area contributed by atoms with Crippen molar-refractivity contribution < 1.29 is 0 Å². The summed E-state index contributed by atoms with van der Waals surface area (Å²) >= 11 is 47.3. The smallest absolute Gasteiger partial charge is 0.241 e. The van der Waals surface area contributed by atoms with Crippen molar-refractivity contribution in [2.75, 3.05) is 0 Å². The molecule has 0 aromatic heterocycles. The van der Waals surface area contributed by atoms with Gasteiger partial charge < -0.3 is 0 Å². The Hall–Kier alpha value is 1.59. The monoisotopic (exact) mass is 427 g/mol. The normalized spacial score (nSPS) is 21.7. The van der Waals surface area contributed by atoms with Crippen LogP contribution in [0.4, 0.5) is 0 Å². The van der Waals surface area contributed by atoms with Crippen molar-refractivity contribution in [3.8, 4) is 0 Å². The zero-order valence-corrected chi connectivity index (χ0v) is 15.6. The van der Waals surface area contributed by atoms with E-state index in [0.717, 1.165) is 0 Å². The maximum Gasteiger partial charge on any atom is 0.241 e. The summed E-state index contributed by atoms with van der Waals surface area (Å²) in [5, 5.41) is 5.58. The van der Waals surface area contributed by atoms with E-state index >= 15 is 0 Å². The van der Waals surface area contributed by atoms with Crippen LogP contribution in [0.3, 0.4) is 0 Å². The van der Waals surface area contributed by atoms with E-state index in [1.54, 1.807) is 0 Å². The molecule has 0 spiro atoms. The standard InChI is InChI=1S/C8H9Cl8N3/c1-4(2)19-5(6(9,10)11)18(3-17-19)8(15,16)7(12,13)14/h3-5H,1-2H3. The molecule has 11 heteroatoms. The Balaban J connectivity index is 3.19. The van der Waals surface area contributed by atoms with E-state index in [1.807, 2.05) is 13.8 Å². The molecule has 112 valence electrons. The van der Waals surface area contributed by atoms with E-state index in [4.69, 9.17) is 92.8 Å². The molecule has 1 aliphatic rings. The maximum atomic E-state index is 6.09. The van der Waals surface area contributed by atoms with E-state index in [0.29, 0.717) is 0 Å². The number of halogens is 8. The number of hydrogen-bond donors (Lipinski definition) is 0. The van der Waals surface area contributed by atoms with Gasteiger partial charge in [0.1, 0.15) is 6.34 Å². The number of hydrogen-bond acceptors (Lipinski definition) is 3. The Morgan fingerprint density at radius 2 is 1.47 bits per heavy atom. The Bertz CT molecular complexity index is 358. The van der Waals surface area contributed by atoms with Gasteiger partial charge in [-0.05, 0) is 13.8 Å². The lowest BCUT2D eigenvalue weighted by Crippen LogP contribution is -2.59. The zero-order chi connectivity index (χ0) is 15.2. The highest BCUT2D eigenvalue weighted by molar-refractivity contribution is 6.75. The summed E-state index contributed by atoms with van der Waals surface area (Å²) in [6.45, 7) is 3.70. The van der Waals surface area contributed by atoms with E-state index in [1.165, 1.54) is 16.2 Å². The van der Waals surface area contributed by atoms with Gasteiger partial charge in [0, 0.05) is 6.04 Å². The molecule has 0 aromatic rings. The molecule has 0 amide bonds. The Labute approximate surface area is 151 Å². The van der Waals surface area contributed by atoms with Gasteiger partial charge in [-0.2, -0.15) is 5.10 Å². The second kappa shape index (κ2) is 6.00. The van der Waals surface area contributed by atoms with Crippen molar-refractivity contribution in [3.05, 3.63) is 0 Å². The Kier molecular flexibility index (Phi) is 5.89. The third-order valence-corrected chi connectivity index (χ3v) is 5.25. The molecule has 0 aromatic carbocycles. The molecule has 19 heavy (non-hydrogen) atoms. The van der Waals surface area contributed by atoms with E-state index < -0.39 is 18.2 Å². The first-order chi connectivity index (χ1) is 8.30. The molecular formula is C8H9Cl8N3. The molecule has 1 rings (SSSR count). The predicted molar refractivity (Wildman–Crippen MR) is 86.1 cm³/mol. The van der Waals surface area contributed by atoms with E-state index in [9.17, 15) is 0 Å². The van der Waals surface area contributed by atoms with Crippen LogP contribution in [0.15, 0.2) is 5.10 Å². The molecule has 3 nitrogen and oxygen atoms in total. The minimum Gasteiger partial charge on any atom is -0.300 e. The minimum absolute atomic E-state index is 0.0821. The fourth-order valence-electron chi connectivity index (χ4n) is 1.46. The van der Waals surface area contributed by atoms with Crippen LogP contribution in [0.1, 0.15) is 13.8 Å². The maximum absolute atomic E-state index is 6.09. The van der Waals surface area contributed by atoms with Gasteiger partial charge in [0.25, 0.3) is 0 Å². The van der Waals surface area contributed by atoms with Crippen molar-refractivity contribution in [2.24, 2.45) is 5.10 Å². The lowest BCUT2D eigenvalue weighted by molar-refractivity contribution is 0.0882. The van der Waals surface area contributed by atoms with Gasteiger partial charge >= 0.3 is 0 Å². The molecule has 0 saturated heterocycles. The zero-order valence-electron chi connectivity index (χ0n) is 9.60. The fraction of sp³-hybridized carbons (Fsp3) is 0.875. The van der Waals surface area contributed by atoms with Crippen LogP contribution in [0.25, 0.3) is 0 Å². The molecule has 1 unspecified atom stereocenters. The number of alkyl halides is 8. The molecule has 1 heterocycles. The van der Waals surface area contributed by atoms with E-state index in [-0.39, 0.29) is 6.04 Å². The highest BCUT2D eigenvalue weighted by atomic mass is 35.6. The molecule has 0 aliphatic carbocycles. The van der Waals surface area contributed by atoms with Gasteiger partial charge in [-0.1, -0.05) is 92.8 Å². The van der Waals surface area contributed by atoms with E-state index in [2.05, 4.69) is 5.10 Å². The fourth-order valence-corrected chi connectivity index (χ4v) is 2.65. The number of rotatable bonds is 2.